The normalized spacial score (nSPS) is 17.0. The van der Waals surface area contributed by atoms with E-state index >= 15 is 0 Å². The Hall–Kier alpha value is -2.49. The monoisotopic (exact) mass is 351 g/mol. The molecule has 1 aliphatic carbocycles. The van der Waals surface area contributed by atoms with Crippen LogP contribution in [0.5, 0.6) is 11.5 Å². The van der Waals surface area contributed by atoms with Gasteiger partial charge in [0.1, 0.15) is 13.2 Å². The number of nitrogens with one attached hydrogen (secondary N) is 1. The molecule has 4 rings (SSSR count). The van der Waals surface area contributed by atoms with Crippen LogP contribution in [0.25, 0.3) is 0 Å². The van der Waals surface area contributed by atoms with Gasteiger partial charge in [-0.15, -0.1) is 0 Å². The molecule has 1 N–H and O–H groups in total. The maximum atomic E-state index is 12.8. The van der Waals surface area contributed by atoms with Crippen LogP contribution in [0.2, 0.25) is 0 Å². The average Bonchev–Trinajstić information content (AvgIpc) is 3.50. The van der Waals surface area contributed by atoms with E-state index in [0.717, 1.165) is 29.9 Å². The number of hydrogen-bond acceptors (Lipinski definition) is 3. The predicted molar refractivity (Wildman–Crippen MR) is 101 cm³/mol. The number of benzene rings is 2. The van der Waals surface area contributed by atoms with Crippen LogP contribution in [0.1, 0.15) is 60.1 Å². The molecule has 0 aromatic heterocycles. The van der Waals surface area contributed by atoms with Crippen LogP contribution < -0.4 is 14.8 Å². The molecule has 1 atom stereocenters. The van der Waals surface area contributed by atoms with Crippen LogP contribution in [0.3, 0.4) is 0 Å². The van der Waals surface area contributed by atoms with Crippen LogP contribution in [0.4, 0.5) is 0 Å². The Labute approximate surface area is 154 Å². The van der Waals surface area contributed by atoms with E-state index in [2.05, 4.69) is 19.2 Å². The minimum atomic E-state index is -0.0212. The van der Waals surface area contributed by atoms with Gasteiger partial charge in [0, 0.05) is 5.56 Å². The first kappa shape index (κ1) is 17.0. The molecule has 26 heavy (non-hydrogen) atoms. The van der Waals surface area contributed by atoms with Gasteiger partial charge < -0.3 is 14.8 Å². The molecule has 2 aromatic rings. The zero-order valence-corrected chi connectivity index (χ0v) is 15.3. The number of carbonyl (C=O) groups is 1. The number of fused-ring (bicyclic) bond motifs is 1. The summed E-state index contributed by atoms with van der Waals surface area (Å²) >= 11 is 0. The van der Waals surface area contributed by atoms with E-state index in [4.69, 9.17) is 9.47 Å². The van der Waals surface area contributed by atoms with Gasteiger partial charge in [0.25, 0.3) is 5.91 Å². The molecule has 1 unspecified atom stereocenters. The van der Waals surface area contributed by atoms with Gasteiger partial charge in [-0.05, 0) is 60.1 Å². The fourth-order valence-corrected chi connectivity index (χ4v) is 3.40. The second-order valence-electron chi connectivity index (χ2n) is 7.47. The summed E-state index contributed by atoms with van der Waals surface area (Å²) in [5, 5.41) is 3.23. The minimum Gasteiger partial charge on any atom is -0.486 e. The fraction of sp³-hybridized carbons (Fsp3) is 0.409. The van der Waals surface area contributed by atoms with Gasteiger partial charge >= 0.3 is 0 Å². The predicted octanol–water partition coefficient (Wildman–Crippen LogP) is 4.46. The van der Waals surface area contributed by atoms with Crippen LogP contribution in [0, 0.1) is 5.92 Å². The Kier molecular flexibility index (Phi) is 4.58. The van der Waals surface area contributed by atoms with Gasteiger partial charge in [-0.2, -0.15) is 0 Å². The van der Waals surface area contributed by atoms with Gasteiger partial charge in [-0.1, -0.05) is 32.0 Å². The molecule has 2 aliphatic rings. The van der Waals surface area contributed by atoms with Crippen molar-refractivity contribution < 1.29 is 14.3 Å². The number of hydrogen-bond donors (Lipinski definition) is 1. The molecule has 0 bridgehead atoms. The largest absolute Gasteiger partial charge is 0.486 e. The highest BCUT2D eigenvalue weighted by molar-refractivity contribution is 5.94. The smallest absolute Gasteiger partial charge is 0.251 e. The Bertz CT molecular complexity index is 794. The summed E-state index contributed by atoms with van der Waals surface area (Å²) in [4.78, 5) is 12.8. The Morgan fingerprint density at radius 3 is 2.27 bits per heavy atom. The molecule has 1 fully saturated rings. The highest BCUT2D eigenvalue weighted by Gasteiger charge is 2.34. The van der Waals surface area contributed by atoms with E-state index in [1.165, 1.54) is 5.56 Å². The third-order valence-electron chi connectivity index (χ3n) is 5.14. The van der Waals surface area contributed by atoms with E-state index in [1.54, 1.807) is 0 Å². The molecule has 1 saturated carbocycles. The Morgan fingerprint density at radius 1 is 0.962 bits per heavy atom. The van der Waals surface area contributed by atoms with Crippen molar-refractivity contribution in [3.63, 3.8) is 0 Å². The maximum absolute atomic E-state index is 12.8. The second kappa shape index (κ2) is 7.02. The van der Waals surface area contributed by atoms with Crippen molar-refractivity contribution in [3.8, 4) is 11.5 Å². The Morgan fingerprint density at radius 2 is 1.62 bits per heavy atom. The molecule has 4 nitrogen and oxygen atoms in total. The minimum absolute atomic E-state index is 0.0168. The zero-order valence-electron chi connectivity index (χ0n) is 15.3. The third-order valence-corrected chi connectivity index (χ3v) is 5.14. The summed E-state index contributed by atoms with van der Waals surface area (Å²) < 4.78 is 11.3. The van der Waals surface area contributed by atoms with Crippen LogP contribution in [0.15, 0.2) is 42.5 Å². The van der Waals surface area contributed by atoms with Crippen LogP contribution in [-0.2, 0) is 0 Å². The van der Waals surface area contributed by atoms with Gasteiger partial charge in [-0.3, -0.25) is 4.79 Å². The number of rotatable bonds is 5. The van der Waals surface area contributed by atoms with Gasteiger partial charge in [0.05, 0.1) is 6.04 Å². The van der Waals surface area contributed by atoms with Crippen molar-refractivity contribution in [1.82, 2.24) is 5.32 Å². The lowest BCUT2D eigenvalue weighted by atomic mass is 9.99. The number of carbonyl (C=O) groups excluding carboxylic acids is 1. The lowest BCUT2D eigenvalue weighted by Gasteiger charge is -2.23. The molecular formula is C22H25NO3. The highest BCUT2D eigenvalue weighted by Crippen LogP contribution is 2.43. The van der Waals surface area contributed by atoms with E-state index in [1.807, 2.05) is 42.5 Å². The summed E-state index contributed by atoms with van der Waals surface area (Å²) in [6.45, 7) is 5.46. The molecular weight excluding hydrogens is 326 g/mol. The number of amides is 1. The van der Waals surface area contributed by atoms with Gasteiger partial charge in [0.2, 0.25) is 0 Å². The molecule has 0 spiro atoms. The van der Waals surface area contributed by atoms with Gasteiger partial charge in [0.15, 0.2) is 11.5 Å². The van der Waals surface area contributed by atoms with E-state index in [-0.39, 0.29) is 11.9 Å². The average molecular weight is 351 g/mol. The maximum Gasteiger partial charge on any atom is 0.251 e. The molecule has 2 aromatic carbocycles. The molecule has 1 amide bonds. The van der Waals surface area contributed by atoms with Crippen LogP contribution >= 0.6 is 0 Å². The molecule has 0 radical (unpaired) electrons. The molecule has 0 saturated heterocycles. The molecule has 136 valence electrons. The summed E-state index contributed by atoms with van der Waals surface area (Å²) in [7, 11) is 0. The summed E-state index contributed by atoms with van der Waals surface area (Å²) in [5.74, 6) is 2.49. The molecule has 1 heterocycles. The summed E-state index contributed by atoms with van der Waals surface area (Å²) in [6.07, 6.45) is 2.29. The van der Waals surface area contributed by atoms with Crippen LogP contribution in [-0.4, -0.2) is 19.1 Å². The van der Waals surface area contributed by atoms with Crippen molar-refractivity contribution in [2.75, 3.05) is 13.2 Å². The van der Waals surface area contributed by atoms with Crippen molar-refractivity contribution in [2.45, 2.75) is 38.6 Å². The van der Waals surface area contributed by atoms with Crippen molar-refractivity contribution in [3.05, 3.63) is 59.2 Å². The molecule has 1 aliphatic heterocycles. The van der Waals surface area contributed by atoms with Crippen molar-refractivity contribution in [1.29, 1.82) is 0 Å². The lowest BCUT2D eigenvalue weighted by molar-refractivity contribution is 0.0931. The third kappa shape index (κ3) is 3.55. The Balaban J connectivity index is 1.53. The highest BCUT2D eigenvalue weighted by atomic mass is 16.6. The van der Waals surface area contributed by atoms with E-state index in [0.29, 0.717) is 30.6 Å². The summed E-state index contributed by atoms with van der Waals surface area (Å²) in [6, 6.07) is 13.9. The standard InChI is InChI=1S/C22H25NO3/c1-14(2)15-3-7-17(8-4-15)22(24)23-21(16-5-6-16)18-9-10-19-20(13-18)26-12-11-25-19/h3-4,7-10,13-14,16,21H,5-6,11-12H2,1-2H3,(H,23,24). The van der Waals surface area contributed by atoms with Gasteiger partial charge in [-0.25, -0.2) is 0 Å². The lowest BCUT2D eigenvalue weighted by Crippen LogP contribution is -2.30. The molecule has 4 heteroatoms. The second-order valence-corrected chi connectivity index (χ2v) is 7.47. The quantitative estimate of drug-likeness (QED) is 0.865. The SMILES string of the molecule is CC(C)c1ccc(C(=O)NC(c2ccc3c(c2)OCCO3)C2CC2)cc1. The van der Waals surface area contributed by atoms with E-state index < -0.39 is 0 Å². The topological polar surface area (TPSA) is 47.6 Å². The van der Waals surface area contributed by atoms with E-state index in [9.17, 15) is 4.79 Å². The first-order valence-electron chi connectivity index (χ1n) is 9.42. The summed E-state index contributed by atoms with van der Waals surface area (Å²) in [5.41, 5.74) is 3.04. The first-order valence-corrected chi connectivity index (χ1v) is 9.42. The van der Waals surface area contributed by atoms with Crippen molar-refractivity contribution in [2.24, 2.45) is 5.92 Å². The number of ether oxygens (including phenoxy) is 2. The zero-order chi connectivity index (χ0) is 18.1. The first-order chi connectivity index (χ1) is 12.6. The van der Waals surface area contributed by atoms with Crippen molar-refractivity contribution >= 4 is 5.91 Å². The fourth-order valence-electron chi connectivity index (χ4n) is 3.40.